The third kappa shape index (κ3) is 3.45. The summed E-state index contributed by atoms with van der Waals surface area (Å²) in [5.41, 5.74) is 4.93. The van der Waals surface area contributed by atoms with Crippen LogP contribution in [-0.2, 0) is 0 Å². The maximum Gasteiger partial charge on any atom is 0.103 e. The standard InChI is InChI=1S/C40H19N5/c41-20-31-32(21-42)34(23-44)40-38(33(31)22-43)36-28-17-9-7-15-26(28)27-16-8-10-18-29(27)37(36)39-30(24-11-3-1-4-12-24)19-35(45(39)40)25-13-5-2-6-14-25/h1-19H. The summed E-state index contributed by atoms with van der Waals surface area (Å²) in [6.07, 6.45) is 0. The van der Waals surface area contributed by atoms with E-state index in [1.54, 1.807) is 0 Å². The average Bonchev–Trinajstić information content (AvgIpc) is 3.51. The van der Waals surface area contributed by atoms with Gasteiger partial charge in [0.25, 0.3) is 0 Å². The van der Waals surface area contributed by atoms with E-state index in [0.717, 1.165) is 60.2 Å². The lowest BCUT2D eigenvalue weighted by Crippen LogP contribution is -2.04. The fraction of sp³-hybridized carbons (Fsp3) is 0. The van der Waals surface area contributed by atoms with Crippen molar-refractivity contribution in [1.82, 2.24) is 4.40 Å². The molecule has 204 valence electrons. The lowest BCUT2D eigenvalue weighted by molar-refractivity contribution is 1.26. The van der Waals surface area contributed by atoms with Crippen LogP contribution in [0, 0.1) is 45.3 Å². The molecule has 0 radical (unpaired) electrons. The summed E-state index contributed by atoms with van der Waals surface area (Å²) >= 11 is 0. The minimum atomic E-state index is -0.0937. The zero-order valence-corrected chi connectivity index (χ0v) is 23.7. The number of nitriles is 4. The number of hydrogen-bond donors (Lipinski definition) is 0. The predicted octanol–water partition coefficient (Wildman–Crippen LogP) is 9.37. The molecule has 0 amide bonds. The molecule has 0 saturated carbocycles. The van der Waals surface area contributed by atoms with Crippen LogP contribution < -0.4 is 0 Å². The molecule has 5 heteroatoms. The van der Waals surface area contributed by atoms with Crippen molar-refractivity contribution in [3.05, 3.63) is 138 Å². The molecule has 0 aliphatic rings. The molecule has 2 aromatic heterocycles. The monoisotopic (exact) mass is 569 g/mol. The molecule has 0 atom stereocenters. The Hall–Kier alpha value is -6.92. The topological polar surface area (TPSA) is 99.6 Å². The molecule has 45 heavy (non-hydrogen) atoms. The highest BCUT2D eigenvalue weighted by atomic mass is 14.9. The van der Waals surface area contributed by atoms with Crippen molar-refractivity contribution in [3.63, 3.8) is 0 Å². The van der Waals surface area contributed by atoms with Gasteiger partial charge in [0.05, 0.1) is 39.0 Å². The number of benzene rings is 6. The first-order valence-corrected chi connectivity index (χ1v) is 14.4. The molecule has 0 fully saturated rings. The van der Waals surface area contributed by atoms with Gasteiger partial charge in [-0.2, -0.15) is 21.0 Å². The highest BCUT2D eigenvalue weighted by Gasteiger charge is 2.29. The Morgan fingerprint density at radius 3 is 1.42 bits per heavy atom. The molecule has 5 nitrogen and oxygen atoms in total. The lowest BCUT2D eigenvalue weighted by atomic mass is 9.86. The molecule has 0 saturated heterocycles. The van der Waals surface area contributed by atoms with E-state index in [4.69, 9.17) is 0 Å². The molecule has 2 heterocycles. The van der Waals surface area contributed by atoms with Crippen LogP contribution >= 0.6 is 0 Å². The van der Waals surface area contributed by atoms with Crippen LogP contribution in [0.2, 0.25) is 0 Å². The molecular weight excluding hydrogens is 550 g/mol. The molecule has 0 unspecified atom stereocenters. The van der Waals surface area contributed by atoms with Gasteiger partial charge in [-0.05, 0) is 38.7 Å². The Kier molecular flexibility index (Phi) is 5.63. The van der Waals surface area contributed by atoms with Crippen LogP contribution in [-0.4, -0.2) is 4.40 Å². The zero-order valence-electron chi connectivity index (χ0n) is 23.7. The summed E-state index contributed by atoms with van der Waals surface area (Å²) < 4.78 is 2.04. The highest BCUT2D eigenvalue weighted by molar-refractivity contribution is 6.37. The summed E-state index contributed by atoms with van der Waals surface area (Å²) in [7, 11) is 0. The van der Waals surface area contributed by atoms with Crippen molar-refractivity contribution < 1.29 is 0 Å². The van der Waals surface area contributed by atoms with Gasteiger partial charge in [0.15, 0.2) is 0 Å². The molecule has 0 aliphatic heterocycles. The van der Waals surface area contributed by atoms with Crippen molar-refractivity contribution in [3.8, 4) is 46.7 Å². The minimum absolute atomic E-state index is 0.0691. The van der Waals surface area contributed by atoms with E-state index in [2.05, 4.69) is 60.7 Å². The van der Waals surface area contributed by atoms with Gasteiger partial charge in [0, 0.05) is 21.7 Å². The smallest absolute Gasteiger partial charge is 0.103 e. The van der Waals surface area contributed by atoms with E-state index in [1.807, 2.05) is 83.3 Å². The SMILES string of the molecule is N#Cc1c(C#N)c(C#N)c2c(c1C#N)c1c3ccccc3c3ccccc3c1c1c(-c3ccccc3)cc(-c3ccccc3)n21. The number of aromatic nitrogens is 1. The Morgan fingerprint density at radius 1 is 0.400 bits per heavy atom. The first-order chi connectivity index (χ1) is 22.2. The van der Waals surface area contributed by atoms with Crippen molar-refractivity contribution in [2.24, 2.45) is 0 Å². The maximum absolute atomic E-state index is 10.7. The number of hydrogen-bond acceptors (Lipinski definition) is 4. The van der Waals surface area contributed by atoms with E-state index in [0.29, 0.717) is 10.9 Å². The largest absolute Gasteiger partial charge is 0.307 e. The van der Waals surface area contributed by atoms with Gasteiger partial charge in [0.2, 0.25) is 0 Å². The fourth-order valence-corrected chi connectivity index (χ4v) is 6.94. The second-order valence-electron chi connectivity index (χ2n) is 10.9. The Bertz CT molecular complexity index is 2730. The molecular formula is C40H19N5. The normalized spacial score (nSPS) is 11.0. The van der Waals surface area contributed by atoms with Crippen molar-refractivity contribution >= 4 is 48.7 Å². The Labute approximate surface area is 257 Å². The third-order valence-corrected chi connectivity index (χ3v) is 8.72. The van der Waals surface area contributed by atoms with E-state index < -0.39 is 0 Å². The summed E-state index contributed by atoms with van der Waals surface area (Å²) in [6, 6.07) is 47.2. The first-order valence-electron chi connectivity index (χ1n) is 14.4. The van der Waals surface area contributed by atoms with Crippen LogP contribution in [0.5, 0.6) is 0 Å². The summed E-state index contributed by atoms with van der Waals surface area (Å²) in [4.78, 5) is 0. The minimum Gasteiger partial charge on any atom is -0.307 e. The van der Waals surface area contributed by atoms with Gasteiger partial charge in [-0.25, -0.2) is 0 Å². The van der Waals surface area contributed by atoms with Gasteiger partial charge in [0.1, 0.15) is 24.3 Å². The van der Waals surface area contributed by atoms with Crippen molar-refractivity contribution in [2.45, 2.75) is 0 Å². The fourth-order valence-electron chi connectivity index (χ4n) is 6.94. The van der Waals surface area contributed by atoms with Crippen molar-refractivity contribution in [1.29, 1.82) is 21.0 Å². The van der Waals surface area contributed by atoms with Crippen LogP contribution in [0.25, 0.3) is 71.1 Å². The zero-order chi connectivity index (χ0) is 30.7. The van der Waals surface area contributed by atoms with E-state index in [-0.39, 0.29) is 22.3 Å². The molecule has 0 bridgehead atoms. The van der Waals surface area contributed by atoms with Gasteiger partial charge in [-0.15, -0.1) is 0 Å². The predicted molar refractivity (Wildman–Crippen MR) is 177 cm³/mol. The molecule has 6 aromatic carbocycles. The van der Waals surface area contributed by atoms with Gasteiger partial charge < -0.3 is 4.40 Å². The highest BCUT2D eigenvalue weighted by Crippen LogP contribution is 2.48. The second kappa shape index (κ2) is 9.83. The van der Waals surface area contributed by atoms with Crippen molar-refractivity contribution in [2.75, 3.05) is 0 Å². The first kappa shape index (κ1) is 25.8. The Morgan fingerprint density at radius 2 is 0.867 bits per heavy atom. The van der Waals surface area contributed by atoms with Gasteiger partial charge >= 0.3 is 0 Å². The third-order valence-electron chi connectivity index (χ3n) is 8.72. The number of fused-ring (bicyclic) bond motifs is 11. The van der Waals surface area contributed by atoms with E-state index in [1.165, 1.54) is 0 Å². The van der Waals surface area contributed by atoms with Crippen LogP contribution in [0.3, 0.4) is 0 Å². The van der Waals surface area contributed by atoms with Gasteiger partial charge in [-0.1, -0.05) is 109 Å². The molecule has 8 aromatic rings. The van der Waals surface area contributed by atoms with Crippen LogP contribution in [0.15, 0.2) is 115 Å². The van der Waals surface area contributed by atoms with E-state index >= 15 is 0 Å². The molecule has 0 N–H and O–H groups in total. The molecule has 0 aliphatic carbocycles. The Balaban J connectivity index is 1.87. The number of rotatable bonds is 2. The summed E-state index contributed by atoms with van der Waals surface area (Å²) in [6.45, 7) is 0. The summed E-state index contributed by atoms with van der Waals surface area (Å²) in [5.74, 6) is 0. The van der Waals surface area contributed by atoms with E-state index in [9.17, 15) is 21.0 Å². The van der Waals surface area contributed by atoms with Gasteiger partial charge in [-0.3, -0.25) is 0 Å². The quantitative estimate of drug-likeness (QED) is 0.194. The van der Waals surface area contributed by atoms with Crippen LogP contribution in [0.1, 0.15) is 22.3 Å². The average molecular weight is 570 g/mol. The molecule has 0 spiro atoms. The number of pyridine rings is 1. The molecule has 8 rings (SSSR count). The van der Waals surface area contributed by atoms with Crippen LogP contribution in [0.4, 0.5) is 0 Å². The maximum atomic E-state index is 10.7. The number of nitrogens with zero attached hydrogens (tertiary/aromatic N) is 5. The summed E-state index contributed by atoms with van der Waals surface area (Å²) in [5, 5.41) is 48.2. The second-order valence-corrected chi connectivity index (χ2v) is 10.9. The lowest BCUT2D eigenvalue weighted by Gasteiger charge is -2.20.